The third kappa shape index (κ3) is 13.7. The number of hydrogen-bond acceptors (Lipinski definition) is 8. The molecule has 220 valence electrons. The van der Waals surface area contributed by atoms with Crippen molar-refractivity contribution in [3.63, 3.8) is 0 Å². The molecule has 3 N–H and O–H groups in total. The van der Waals surface area contributed by atoms with Crippen LogP contribution in [0, 0.1) is 17.2 Å². The minimum Gasteiger partial charge on any atom is -0.460 e. The molecule has 0 saturated heterocycles. The number of aryl methyl sites for hydroxylation is 1. The number of amides is 3. The van der Waals surface area contributed by atoms with Crippen LogP contribution in [0.4, 0.5) is 0 Å². The van der Waals surface area contributed by atoms with E-state index in [0.717, 1.165) is 5.56 Å². The third-order valence-corrected chi connectivity index (χ3v) is 5.24. The topological polar surface area (TPSA) is 164 Å². The number of nitrogens with one attached hydrogen (secondary N) is 3. The highest BCUT2D eigenvalue weighted by molar-refractivity contribution is 5.94. The quantitative estimate of drug-likeness (QED) is 0.329. The van der Waals surface area contributed by atoms with Crippen LogP contribution in [0.15, 0.2) is 24.3 Å². The molecule has 0 saturated carbocycles. The zero-order valence-corrected chi connectivity index (χ0v) is 24.7. The monoisotopic (exact) mass is 558 g/mol. The van der Waals surface area contributed by atoms with Gasteiger partial charge in [0.15, 0.2) is 0 Å². The minimum absolute atomic E-state index is 0.104. The Bertz CT molecular complexity index is 1090. The van der Waals surface area contributed by atoms with E-state index in [1.807, 2.05) is 6.07 Å². The fourth-order valence-corrected chi connectivity index (χ4v) is 3.39. The normalized spacial score (nSPS) is 12.9. The van der Waals surface area contributed by atoms with Gasteiger partial charge in [0, 0.05) is 6.42 Å². The van der Waals surface area contributed by atoms with E-state index in [4.69, 9.17) is 14.7 Å². The third-order valence-electron chi connectivity index (χ3n) is 5.24. The molecule has 0 bridgehead atoms. The van der Waals surface area contributed by atoms with E-state index in [-0.39, 0.29) is 12.3 Å². The molecule has 40 heavy (non-hydrogen) atoms. The van der Waals surface area contributed by atoms with Crippen LogP contribution in [0.3, 0.4) is 0 Å². The van der Waals surface area contributed by atoms with Gasteiger partial charge >= 0.3 is 11.9 Å². The Morgan fingerprint density at radius 1 is 0.875 bits per heavy atom. The van der Waals surface area contributed by atoms with Gasteiger partial charge in [0.05, 0.1) is 24.6 Å². The van der Waals surface area contributed by atoms with E-state index in [9.17, 15) is 24.0 Å². The number of nitrogens with zero attached hydrogens (tertiary/aromatic N) is 1. The van der Waals surface area contributed by atoms with Gasteiger partial charge in [0.1, 0.15) is 23.3 Å². The molecule has 0 heterocycles. The van der Waals surface area contributed by atoms with Gasteiger partial charge in [-0.25, -0.2) is 4.79 Å². The van der Waals surface area contributed by atoms with E-state index in [2.05, 4.69) is 16.0 Å². The highest BCUT2D eigenvalue weighted by Crippen LogP contribution is 2.14. The Kier molecular flexibility index (Phi) is 12.8. The summed E-state index contributed by atoms with van der Waals surface area (Å²) in [6.45, 7) is 13.1. The summed E-state index contributed by atoms with van der Waals surface area (Å²) in [5.41, 5.74) is -0.225. The van der Waals surface area contributed by atoms with Gasteiger partial charge in [-0.15, -0.1) is 0 Å². The summed E-state index contributed by atoms with van der Waals surface area (Å²) >= 11 is 0. The van der Waals surface area contributed by atoms with Crippen molar-refractivity contribution in [2.45, 2.75) is 97.9 Å². The molecular weight excluding hydrogens is 516 g/mol. The van der Waals surface area contributed by atoms with Crippen LogP contribution in [0.1, 0.15) is 79.4 Å². The number of esters is 2. The highest BCUT2D eigenvalue weighted by Gasteiger charge is 2.33. The van der Waals surface area contributed by atoms with Crippen molar-refractivity contribution in [2.24, 2.45) is 5.92 Å². The van der Waals surface area contributed by atoms with Gasteiger partial charge in [-0.1, -0.05) is 26.0 Å². The van der Waals surface area contributed by atoms with Crippen LogP contribution >= 0.6 is 0 Å². The lowest BCUT2D eigenvalue weighted by atomic mass is 10.0. The zero-order chi connectivity index (χ0) is 30.7. The Morgan fingerprint density at radius 2 is 1.45 bits per heavy atom. The Hall–Kier alpha value is -3.94. The van der Waals surface area contributed by atoms with Crippen molar-refractivity contribution in [2.75, 3.05) is 6.54 Å². The standard InChI is InChI=1S/C29H42N4O7/c1-18(2)25(27(38)40-29(6,7)8)33-26(37)21(15-24(36)39-28(3,4)5)32-23(35)17-31-22(34)14-13-19-9-11-20(16-30)12-10-19/h9-12,18,21,25H,13-15,17H2,1-8H3,(H,31,34)(H,32,35)(H,33,37)/t21-,25-/m0/s1. The molecule has 1 aromatic rings. The van der Waals surface area contributed by atoms with Crippen LogP contribution in [0.25, 0.3) is 0 Å². The molecule has 11 nitrogen and oxygen atoms in total. The molecule has 2 atom stereocenters. The first-order chi connectivity index (χ1) is 18.4. The molecule has 0 spiro atoms. The number of ether oxygens (including phenoxy) is 2. The predicted octanol–water partition coefficient (Wildman–Crippen LogP) is 2.31. The number of nitriles is 1. The number of rotatable bonds is 12. The van der Waals surface area contributed by atoms with Crippen molar-refractivity contribution >= 4 is 29.7 Å². The van der Waals surface area contributed by atoms with Gasteiger partial charge in [-0.05, 0) is 71.6 Å². The number of benzene rings is 1. The second kappa shape index (κ2) is 15.0. The highest BCUT2D eigenvalue weighted by atomic mass is 16.6. The van der Waals surface area contributed by atoms with Crippen LogP contribution in [-0.2, 0) is 39.9 Å². The molecule has 11 heteroatoms. The molecule has 0 aliphatic carbocycles. The summed E-state index contributed by atoms with van der Waals surface area (Å²) in [5, 5.41) is 16.4. The largest absolute Gasteiger partial charge is 0.460 e. The van der Waals surface area contributed by atoms with Gasteiger partial charge in [0.2, 0.25) is 17.7 Å². The number of carbonyl (C=O) groups excluding carboxylic acids is 5. The summed E-state index contributed by atoms with van der Waals surface area (Å²) in [7, 11) is 0. The van der Waals surface area contributed by atoms with Crippen molar-refractivity contribution in [1.29, 1.82) is 5.26 Å². The van der Waals surface area contributed by atoms with Gasteiger partial charge < -0.3 is 25.4 Å². The first-order valence-electron chi connectivity index (χ1n) is 13.2. The molecule has 1 aromatic carbocycles. The maximum Gasteiger partial charge on any atom is 0.329 e. The maximum atomic E-state index is 13.2. The summed E-state index contributed by atoms with van der Waals surface area (Å²) in [4.78, 5) is 63.2. The lowest BCUT2D eigenvalue weighted by Crippen LogP contribution is -2.55. The van der Waals surface area contributed by atoms with Crippen molar-refractivity contribution < 1.29 is 33.4 Å². The Labute approximate surface area is 236 Å². The minimum atomic E-state index is -1.36. The molecule has 0 aliphatic heterocycles. The molecule has 3 amide bonds. The Balaban J connectivity index is 2.85. The van der Waals surface area contributed by atoms with E-state index in [1.165, 1.54) is 0 Å². The SMILES string of the molecule is CC(C)[C@H](NC(=O)[C@H](CC(=O)OC(C)(C)C)NC(=O)CNC(=O)CCc1ccc(C#N)cc1)C(=O)OC(C)(C)C. The van der Waals surface area contributed by atoms with E-state index in [1.54, 1.807) is 79.7 Å². The van der Waals surface area contributed by atoms with Crippen molar-refractivity contribution in [1.82, 2.24) is 16.0 Å². The van der Waals surface area contributed by atoms with Crippen molar-refractivity contribution in [3.8, 4) is 6.07 Å². The van der Waals surface area contributed by atoms with Crippen LogP contribution in [-0.4, -0.2) is 59.5 Å². The van der Waals surface area contributed by atoms with Gasteiger partial charge in [0.25, 0.3) is 0 Å². The average Bonchev–Trinajstić information content (AvgIpc) is 2.81. The molecule has 0 unspecified atom stereocenters. The average molecular weight is 559 g/mol. The smallest absolute Gasteiger partial charge is 0.329 e. The lowest BCUT2D eigenvalue weighted by molar-refractivity contribution is -0.160. The van der Waals surface area contributed by atoms with E-state index < -0.39 is 65.9 Å². The van der Waals surface area contributed by atoms with Crippen LogP contribution in [0.2, 0.25) is 0 Å². The van der Waals surface area contributed by atoms with Gasteiger partial charge in [-0.2, -0.15) is 5.26 Å². The second-order valence-electron chi connectivity index (χ2n) is 11.8. The van der Waals surface area contributed by atoms with Crippen LogP contribution in [0.5, 0.6) is 0 Å². The van der Waals surface area contributed by atoms with E-state index >= 15 is 0 Å². The van der Waals surface area contributed by atoms with Crippen molar-refractivity contribution in [3.05, 3.63) is 35.4 Å². The zero-order valence-electron chi connectivity index (χ0n) is 24.7. The summed E-state index contributed by atoms with van der Waals surface area (Å²) in [6, 6.07) is 6.45. The summed E-state index contributed by atoms with van der Waals surface area (Å²) in [5.74, 6) is -3.57. The fourth-order valence-electron chi connectivity index (χ4n) is 3.39. The first kappa shape index (κ1) is 34.1. The lowest BCUT2D eigenvalue weighted by Gasteiger charge is -2.28. The maximum absolute atomic E-state index is 13.2. The molecule has 0 radical (unpaired) electrons. The second-order valence-corrected chi connectivity index (χ2v) is 11.8. The molecule has 0 aliphatic rings. The molecule has 0 aromatic heterocycles. The van der Waals surface area contributed by atoms with Crippen LogP contribution < -0.4 is 16.0 Å². The van der Waals surface area contributed by atoms with E-state index in [0.29, 0.717) is 12.0 Å². The number of hydrogen-bond donors (Lipinski definition) is 3. The number of carbonyl (C=O) groups is 5. The first-order valence-corrected chi connectivity index (χ1v) is 13.2. The van der Waals surface area contributed by atoms with Gasteiger partial charge in [-0.3, -0.25) is 19.2 Å². The fraction of sp³-hybridized carbons (Fsp3) is 0.586. The predicted molar refractivity (Wildman–Crippen MR) is 147 cm³/mol. The Morgan fingerprint density at radius 3 is 1.95 bits per heavy atom. The molecule has 0 fully saturated rings. The summed E-state index contributed by atoms with van der Waals surface area (Å²) < 4.78 is 10.7. The molecule has 1 rings (SSSR count). The molecular formula is C29H42N4O7. The summed E-state index contributed by atoms with van der Waals surface area (Å²) in [6.07, 6.45) is 0.0255.